The third kappa shape index (κ3) is 4.69. The predicted molar refractivity (Wildman–Crippen MR) is 112 cm³/mol. The highest BCUT2D eigenvalue weighted by molar-refractivity contribution is 7.15. The summed E-state index contributed by atoms with van der Waals surface area (Å²) in [5.41, 5.74) is 1.06. The Labute approximate surface area is 170 Å². The molecule has 1 saturated carbocycles. The maximum atomic E-state index is 12.7. The molecule has 0 bridgehead atoms. The van der Waals surface area contributed by atoms with Crippen LogP contribution >= 0.6 is 11.3 Å². The summed E-state index contributed by atoms with van der Waals surface area (Å²) in [7, 11) is 0. The highest BCUT2D eigenvalue weighted by Crippen LogP contribution is 2.31. The summed E-state index contributed by atoms with van der Waals surface area (Å²) >= 11 is 1.56. The smallest absolute Gasteiger partial charge is 0.222 e. The van der Waals surface area contributed by atoms with Gasteiger partial charge in [0.1, 0.15) is 10.8 Å². The van der Waals surface area contributed by atoms with Gasteiger partial charge in [-0.15, -0.1) is 10.2 Å². The van der Waals surface area contributed by atoms with Crippen LogP contribution in [0.15, 0.2) is 18.2 Å². The number of piperidine rings is 1. The summed E-state index contributed by atoms with van der Waals surface area (Å²) in [6.45, 7) is 3.76. The first kappa shape index (κ1) is 19.3. The number of carbonyl (C=O) groups is 1. The van der Waals surface area contributed by atoms with Crippen LogP contribution in [0.1, 0.15) is 68.5 Å². The number of amides is 1. The van der Waals surface area contributed by atoms with Crippen LogP contribution < -0.4 is 5.32 Å². The molecular weight excluding hydrogens is 370 g/mol. The van der Waals surface area contributed by atoms with Crippen LogP contribution in [0.2, 0.25) is 0 Å². The number of anilines is 2. The molecular formula is C21H29N5OS. The molecule has 1 saturated heterocycles. The Balaban J connectivity index is 1.39. The fourth-order valence-electron chi connectivity index (χ4n) is 4.34. The first-order valence-corrected chi connectivity index (χ1v) is 11.4. The standard InChI is InChI=1S/C21H29N5OS/c1-2-19-24-25-21(28-19)23-18-11-5-10-17(22-18)16-9-6-12-26(14-16)20(27)13-15-7-3-4-8-15/h5,10-11,15-16H,2-4,6-9,12-14H2,1H3,(H,22,23,25). The third-order valence-corrected chi connectivity index (χ3v) is 6.89. The maximum absolute atomic E-state index is 12.7. The minimum atomic E-state index is 0.309. The van der Waals surface area contributed by atoms with Crippen molar-refractivity contribution < 1.29 is 4.79 Å². The zero-order chi connectivity index (χ0) is 19.3. The molecule has 2 aromatic rings. The molecule has 2 aliphatic rings. The number of rotatable bonds is 6. The molecule has 1 aliphatic heterocycles. The zero-order valence-corrected chi connectivity index (χ0v) is 17.4. The number of likely N-dealkylation sites (tertiary alicyclic amines) is 1. The summed E-state index contributed by atoms with van der Waals surface area (Å²) in [4.78, 5) is 19.6. The number of nitrogens with one attached hydrogen (secondary N) is 1. The van der Waals surface area contributed by atoms with Crippen molar-refractivity contribution >= 4 is 28.2 Å². The Kier molecular flexibility index (Phi) is 6.20. The van der Waals surface area contributed by atoms with Gasteiger partial charge in [-0.05, 0) is 50.2 Å². The van der Waals surface area contributed by atoms with Gasteiger partial charge in [0.15, 0.2) is 0 Å². The molecule has 2 aromatic heterocycles. The van der Waals surface area contributed by atoms with E-state index in [2.05, 4.69) is 33.4 Å². The Hall–Kier alpha value is -2.02. The summed E-state index contributed by atoms with van der Waals surface area (Å²) in [5, 5.41) is 13.4. The zero-order valence-electron chi connectivity index (χ0n) is 16.6. The fraction of sp³-hybridized carbons (Fsp3) is 0.619. The maximum Gasteiger partial charge on any atom is 0.222 e. The lowest BCUT2D eigenvalue weighted by molar-refractivity contribution is -0.133. The van der Waals surface area contributed by atoms with Gasteiger partial charge >= 0.3 is 0 Å². The van der Waals surface area contributed by atoms with Crippen LogP contribution in [-0.2, 0) is 11.2 Å². The normalized spacial score (nSPS) is 20.5. The number of pyridine rings is 1. The van der Waals surface area contributed by atoms with Crippen LogP contribution in [0.4, 0.5) is 10.9 Å². The van der Waals surface area contributed by atoms with Crippen molar-refractivity contribution in [1.29, 1.82) is 0 Å². The van der Waals surface area contributed by atoms with E-state index in [0.717, 1.165) is 60.4 Å². The second kappa shape index (κ2) is 8.99. The molecule has 1 atom stereocenters. The third-order valence-electron chi connectivity index (χ3n) is 5.91. The van der Waals surface area contributed by atoms with Crippen molar-refractivity contribution in [3.8, 4) is 0 Å². The molecule has 150 valence electrons. The highest BCUT2D eigenvalue weighted by atomic mass is 32.1. The predicted octanol–water partition coefficient (Wildman–Crippen LogP) is 4.53. The summed E-state index contributed by atoms with van der Waals surface area (Å²) < 4.78 is 0. The van der Waals surface area contributed by atoms with Crippen LogP contribution in [0.25, 0.3) is 0 Å². The number of aryl methyl sites for hydroxylation is 1. The molecule has 3 heterocycles. The average molecular weight is 400 g/mol. The number of nitrogens with zero attached hydrogens (tertiary/aromatic N) is 4. The molecule has 0 radical (unpaired) electrons. The molecule has 1 unspecified atom stereocenters. The summed E-state index contributed by atoms with van der Waals surface area (Å²) in [5.74, 6) is 2.06. The molecule has 4 rings (SSSR count). The Morgan fingerprint density at radius 1 is 1.21 bits per heavy atom. The Morgan fingerprint density at radius 2 is 2.07 bits per heavy atom. The average Bonchev–Trinajstić information content (AvgIpc) is 3.40. The lowest BCUT2D eigenvalue weighted by atomic mass is 9.93. The van der Waals surface area contributed by atoms with E-state index in [9.17, 15) is 4.79 Å². The van der Waals surface area contributed by atoms with Crippen LogP contribution in [0.3, 0.4) is 0 Å². The van der Waals surface area contributed by atoms with Crippen molar-refractivity contribution in [2.24, 2.45) is 5.92 Å². The lowest BCUT2D eigenvalue weighted by Gasteiger charge is -2.33. The molecule has 2 fully saturated rings. The first-order valence-electron chi connectivity index (χ1n) is 10.6. The second-order valence-electron chi connectivity index (χ2n) is 7.96. The minimum Gasteiger partial charge on any atom is -0.342 e. The largest absolute Gasteiger partial charge is 0.342 e. The second-order valence-corrected chi connectivity index (χ2v) is 9.02. The van der Waals surface area contributed by atoms with Crippen molar-refractivity contribution in [2.45, 2.75) is 64.2 Å². The number of carbonyl (C=O) groups excluding carboxylic acids is 1. The van der Waals surface area contributed by atoms with Crippen molar-refractivity contribution in [2.75, 3.05) is 18.4 Å². The van der Waals surface area contributed by atoms with E-state index >= 15 is 0 Å². The van der Waals surface area contributed by atoms with Crippen molar-refractivity contribution in [3.63, 3.8) is 0 Å². The molecule has 7 heteroatoms. The first-order chi connectivity index (χ1) is 13.7. The van der Waals surface area contributed by atoms with Gasteiger partial charge in [-0.1, -0.05) is 37.2 Å². The van der Waals surface area contributed by atoms with Gasteiger partial charge in [0, 0.05) is 31.1 Å². The molecule has 1 N–H and O–H groups in total. The highest BCUT2D eigenvalue weighted by Gasteiger charge is 2.28. The molecule has 28 heavy (non-hydrogen) atoms. The van der Waals surface area contributed by atoms with Crippen LogP contribution in [0.5, 0.6) is 0 Å². The Morgan fingerprint density at radius 3 is 2.86 bits per heavy atom. The van der Waals surface area contributed by atoms with Gasteiger partial charge in [-0.25, -0.2) is 4.98 Å². The van der Waals surface area contributed by atoms with Gasteiger partial charge in [0.2, 0.25) is 11.0 Å². The van der Waals surface area contributed by atoms with Gasteiger partial charge in [0.25, 0.3) is 0 Å². The van der Waals surface area contributed by atoms with Gasteiger partial charge in [0.05, 0.1) is 0 Å². The minimum absolute atomic E-state index is 0.309. The lowest BCUT2D eigenvalue weighted by Crippen LogP contribution is -2.39. The number of hydrogen-bond acceptors (Lipinski definition) is 6. The van der Waals surface area contributed by atoms with Crippen molar-refractivity contribution in [3.05, 3.63) is 28.9 Å². The van der Waals surface area contributed by atoms with Gasteiger partial charge in [-0.3, -0.25) is 4.79 Å². The molecule has 1 amide bonds. The SMILES string of the molecule is CCc1nnc(Nc2cccc(C3CCCN(C(=O)CC4CCCC4)C3)n2)s1. The molecule has 6 nitrogen and oxygen atoms in total. The number of hydrogen-bond donors (Lipinski definition) is 1. The summed E-state index contributed by atoms with van der Waals surface area (Å²) in [6.07, 6.45) is 8.79. The van der Waals surface area contributed by atoms with Gasteiger partial charge < -0.3 is 10.2 Å². The molecule has 1 aliphatic carbocycles. The molecule has 0 aromatic carbocycles. The van der Waals surface area contributed by atoms with E-state index in [1.165, 1.54) is 25.7 Å². The van der Waals surface area contributed by atoms with E-state index in [0.29, 0.717) is 17.7 Å². The van der Waals surface area contributed by atoms with E-state index in [4.69, 9.17) is 4.98 Å². The van der Waals surface area contributed by atoms with E-state index in [1.807, 2.05) is 12.1 Å². The summed E-state index contributed by atoms with van der Waals surface area (Å²) in [6, 6.07) is 6.08. The number of aromatic nitrogens is 3. The van der Waals surface area contributed by atoms with E-state index in [-0.39, 0.29) is 0 Å². The fourth-order valence-corrected chi connectivity index (χ4v) is 5.03. The van der Waals surface area contributed by atoms with E-state index < -0.39 is 0 Å². The van der Waals surface area contributed by atoms with Crippen molar-refractivity contribution in [1.82, 2.24) is 20.1 Å². The Bertz CT molecular complexity index is 802. The van der Waals surface area contributed by atoms with E-state index in [1.54, 1.807) is 11.3 Å². The van der Waals surface area contributed by atoms with Crippen LogP contribution in [-0.4, -0.2) is 39.1 Å². The quantitative estimate of drug-likeness (QED) is 0.773. The topological polar surface area (TPSA) is 71.0 Å². The monoisotopic (exact) mass is 399 g/mol. The van der Waals surface area contributed by atoms with Gasteiger partial charge in [-0.2, -0.15) is 0 Å². The van der Waals surface area contributed by atoms with Crippen LogP contribution in [0, 0.1) is 5.92 Å². The molecule has 0 spiro atoms.